The molecule has 24 heavy (non-hydrogen) atoms. The molecule has 0 aliphatic heterocycles. The minimum atomic E-state index is -0.0840. The molecule has 122 valence electrons. The predicted octanol–water partition coefficient (Wildman–Crippen LogP) is 4.42. The van der Waals surface area contributed by atoms with Crippen LogP contribution in [-0.2, 0) is 11.2 Å². The third kappa shape index (κ3) is 4.21. The fourth-order valence-electron chi connectivity index (χ4n) is 2.18. The molecular formula is C18H17N3OS2. The Hall–Kier alpha value is -2.18. The van der Waals surface area contributed by atoms with Gasteiger partial charge >= 0.3 is 0 Å². The first-order chi connectivity index (χ1) is 11.6. The fraction of sp³-hybridized carbons (Fsp3) is 0.167. The van der Waals surface area contributed by atoms with Gasteiger partial charge in [-0.25, -0.2) is 4.98 Å². The minimum absolute atomic E-state index is 0.0840. The molecule has 0 radical (unpaired) electrons. The van der Waals surface area contributed by atoms with Crippen LogP contribution in [-0.4, -0.2) is 22.1 Å². The van der Waals surface area contributed by atoms with Gasteiger partial charge in [-0.15, -0.1) is 23.1 Å². The number of hydrogen-bond donors (Lipinski definition) is 1. The van der Waals surface area contributed by atoms with Crippen molar-refractivity contribution >= 4 is 34.1 Å². The van der Waals surface area contributed by atoms with Crippen LogP contribution in [0.1, 0.15) is 11.3 Å². The van der Waals surface area contributed by atoms with Crippen LogP contribution in [0.5, 0.6) is 0 Å². The molecule has 3 rings (SSSR count). The minimum Gasteiger partial charge on any atom is -0.302 e. The van der Waals surface area contributed by atoms with E-state index in [-0.39, 0.29) is 5.91 Å². The van der Waals surface area contributed by atoms with Crippen LogP contribution < -0.4 is 5.32 Å². The Bertz CT molecular complexity index is 826. The number of benzene rings is 1. The van der Waals surface area contributed by atoms with Gasteiger partial charge in [0.15, 0.2) is 5.13 Å². The van der Waals surface area contributed by atoms with E-state index in [0.29, 0.717) is 11.6 Å². The Balaban J connectivity index is 1.64. The molecule has 0 saturated heterocycles. The van der Waals surface area contributed by atoms with Gasteiger partial charge < -0.3 is 5.32 Å². The third-order valence-electron chi connectivity index (χ3n) is 3.47. The van der Waals surface area contributed by atoms with Gasteiger partial charge in [0.25, 0.3) is 0 Å². The quantitative estimate of drug-likeness (QED) is 0.689. The van der Waals surface area contributed by atoms with Crippen molar-refractivity contribution < 1.29 is 4.79 Å². The summed E-state index contributed by atoms with van der Waals surface area (Å²) in [7, 11) is 0. The van der Waals surface area contributed by atoms with Crippen LogP contribution in [0, 0.1) is 6.92 Å². The van der Waals surface area contributed by atoms with Gasteiger partial charge in [0.2, 0.25) is 5.91 Å². The Labute approximate surface area is 149 Å². The van der Waals surface area contributed by atoms with E-state index in [0.717, 1.165) is 22.5 Å². The van der Waals surface area contributed by atoms with Crippen LogP contribution in [0.4, 0.5) is 5.13 Å². The summed E-state index contributed by atoms with van der Waals surface area (Å²) in [4.78, 5) is 22.0. The maximum absolute atomic E-state index is 12.1. The number of nitrogens with one attached hydrogen (secondary N) is 1. The Morgan fingerprint density at radius 2 is 2.00 bits per heavy atom. The maximum atomic E-state index is 12.1. The molecule has 2 aromatic heterocycles. The van der Waals surface area contributed by atoms with Gasteiger partial charge in [0.1, 0.15) is 0 Å². The number of carbonyl (C=O) groups excluding carboxylic acids is 1. The number of aryl methyl sites for hydroxylation is 1. The smallest absolute Gasteiger partial charge is 0.230 e. The van der Waals surface area contributed by atoms with E-state index in [1.807, 2.05) is 36.6 Å². The summed E-state index contributed by atoms with van der Waals surface area (Å²) >= 11 is 3.14. The summed E-state index contributed by atoms with van der Waals surface area (Å²) in [6, 6.07) is 12.1. The standard InChI is InChI=1S/C18H17N3OS2/c1-12-3-4-13(10-19-12)9-17(22)21-18-20-16(11-24-18)14-5-7-15(23-2)8-6-14/h3-8,10-11H,9H2,1-2H3,(H,20,21,22). The number of pyridine rings is 1. The van der Waals surface area contributed by atoms with E-state index in [1.54, 1.807) is 18.0 Å². The lowest BCUT2D eigenvalue weighted by Crippen LogP contribution is -2.14. The molecule has 0 saturated carbocycles. The molecule has 1 N–H and O–H groups in total. The molecule has 0 fully saturated rings. The van der Waals surface area contributed by atoms with Crippen molar-refractivity contribution in [2.75, 3.05) is 11.6 Å². The Morgan fingerprint density at radius 3 is 2.67 bits per heavy atom. The molecule has 1 amide bonds. The van der Waals surface area contributed by atoms with Crippen molar-refractivity contribution in [1.82, 2.24) is 9.97 Å². The molecule has 0 aliphatic rings. The van der Waals surface area contributed by atoms with E-state index in [2.05, 4.69) is 33.7 Å². The van der Waals surface area contributed by atoms with Crippen LogP contribution in [0.15, 0.2) is 52.9 Å². The summed E-state index contributed by atoms with van der Waals surface area (Å²) in [5.74, 6) is -0.0840. The van der Waals surface area contributed by atoms with E-state index in [9.17, 15) is 4.79 Å². The second-order valence-electron chi connectivity index (χ2n) is 5.30. The number of thiazole rings is 1. The third-order valence-corrected chi connectivity index (χ3v) is 4.97. The molecule has 0 atom stereocenters. The molecule has 3 aromatic rings. The van der Waals surface area contributed by atoms with Crippen molar-refractivity contribution in [1.29, 1.82) is 0 Å². The van der Waals surface area contributed by atoms with Gasteiger partial charge in [-0.1, -0.05) is 18.2 Å². The number of hydrogen-bond acceptors (Lipinski definition) is 5. The normalized spacial score (nSPS) is 10.6. The highest BCUT2D eigenvalue weighted by atomic mass is 32.2. The zero-order valence-electron chi connectivity index (χ0n) is 13.4. The average Bonchev–Trinajstić information content (AvgIpc) is 3.05. The Kier molecular flexibility index (Phi) is 5.27. The maximum Gasteiger partial charge on any atom is 0.230 e. The summed E-state index contributed by atoms with van der Waals surface area (Å²) in [5.41, 5.74) is 3.76. The highest BCUT2D eigenvalue weighted by molar-refractivity contribution is 7.98. The van der Waals surface area contributed by atoms with Gasteiger partial charge in [-0.2, -0.15) is 0 Å². The fourth-order valence-corrected chi connectivity index (χ4v) is 3.32. The predicted molar refractivity (Wildman–Crippen MR) is 101 cm³/mol. The molecule has 2 heterocycles. The molecule has 4 nitrogen and oxygen atoms in total. The number of rotatable bonds is 5. The molecule has 6 heteroatoms. The van der Waals surface area contributed by atoms with Gasteiger partial charge in [-0.05, 0) is 36.9 Å². The topological polar surface area (TPSA) is 54.9 Å². The first kappa shape index (κ1) is 16.7. The monoisotopic (exact) mass is 355 g/mol. The number of aromatic nitrogens is 2. The van der Waals surface area contributed by atoms with Crippen molar-refractivity contribution in [3.8, 4) is 11.3 Å². The SMILES string of the molecule is CSc1ccc(-c2csc(NC(=O)Cc3ccc(C)nc3)n2)cc1. The lowest BCUT2D eigenvalue weighted by atomic mass is 10.2. The largest absolute Gasteiger partial charge is 0.302 e. The Morgan fingerprint density at radius 1 is 1.21 bits per heavy atom. The lowest BCUT2D eigenvalue weighted by molar-refractivity contribution is -0.115. The molecule has 1 aromatic carbocycles. The number of thioether (sulfide) groups is 1. The number of amides is 1. The van der Waals surface area contributed by atoms with E-state index in [4.69, 9.17) is 0 Å². The van der Waals surface area contributed by atoms with Crippen LogP contribution in [0.3, 0.4) is 0 Å². The van der Waals surface area contributed by atoms with E-state index >= 15 is 0 Å². The van der Waals surface area contributed by atoms with E-state index < -0.39 is 0 Å². The number of carbonyl (C=O) groups is 1. The summed E-state index contributed by atoms with van der Waals surface area (Å²) in [6.07, 6.45) is 4.08. The highest BCUT2D eigenvalue weighted by Gasteiger charge is 2.09. The van der Waals surface area contributed by atoms with Crippen molar-refractivity contribution in [2.45, 2.75) is 18.2 Å². The lowest BCUT2D eigenvalue weighted by Gasteiger charge is -2.02. The first-order valence-corrected chi connectivity index (χ1v) is 9.56. The zero-order valence-corrected chi connectivity index (χ0v) is 15.1. The van der Waals surface area contributed by atoms with Crippen molar-refractivity contribution in [3.63, 3.8) is 0 Å². The van der Waals surface area contributed by atoms with Crippen molar-refractivity contribution in [3.05, 3.63) is 59.2 Å². The summed E-state index contributed by atoms with van der Waals surface area (Å²) < 4.78 is 0. The summed E-state index contributed by atoms with van der Waals surface area (Å²) in [5, 5.41) is 5.42. The second kappa shape index (κ2) is 7.59. The van der Waals surface area contributed by atoms with Crippen LogP contribution in [0.25, 0.3) is 11.3 Å². The molecule has 0 spiro atoms. The number of nitrogens with zero attached hydrogens (tertiary/aromatic N) is 2. The van der Waals surface area contributed by atoms with Crippen LogP contribution in [0.2, 0.25) is 0 Å². The summed E-state index contributed by atoms with van der Waals surface area (Å²) in [6.45, 7) is 1.92. The highest BCUT2D eigenvalue weighted by Crippen LogP contribution is 2.26. The van der Waals surface area contributed by atoms with Crippen molar-refractivity contribution in [2.24, 2.45) is 0 Å². The first-order valence-electron chi connectivity index (χ1n) is 7.45. The molecule has 0 unspecified atom stereocenters. The van der Waals surface area contributed by atoms with Gasteiger partial charge in [0, 0.05) is 27.7 Å². The van der Waals surface area contributed by atoms with Crippen LogP contribution >= 0.6 is 23.1 Å². The zero-order chi connectivity index (χ0) is 16.9. The average molecular weight is 355 g/mol. The second-order valence-corrected chi connectivity index (χ2v) is 7.04. The number of anilines is 1. The molecule has 0 aliphatic carbocycles. The van der Waals surface area contributed by atoms with Gasteiger partial charge in [-0.3, -0.25) is 9.78 Å². The van der Waals surface area contributed by atoms with E-state index in [1.165, 1.54) is 16.2 Å². The molecular weight excluding hydrogens is 338 g/mol. The van der Waals surface area contributed by atoms with Gasteiger partial charge in [0.05, 0.1) is 12.1 Å². The molecule has 0 bridgehead atoms.